The summed E-state index contributed by atoms with van der Waals surface area (Å²) in [6.07, 6.45) is 5.15. The van der Waals surface area contributed by atoms with Gasteiger partial charge in [-0.05, 0) is 41.3 Å². The van der Waals surface area contributed by atoms with E-state index in [-0.39, 0.29) is 30.6 Å². The Morgan fingerprint density at radius 3 is 2.53 bits per heavy atom. The van der Waals surface area contributed by atoms with Gasteiger partial charge in [0.15, 0.2) is 0 Å². The van der Waals surface area contributed by atoms with Crippen LogP contribution in [-0.2, 0) is 28.0 Å². The summed E-state index contributed by atoms with van der Waals surface area (Å²) < 4.78 is 2.09. The van der Waals surface area contributed by atoms with Gasteiger partial charge in [-0.3, -0.25) is 14.4 Å². The molecule has 0 unspecified atom stereocenters. The van der Waals surface area contributed by atoms with Crippen LogP contribution in [0.4, 0.5) is 5.82 Å². The van der Waals surface area contributed by atoms with E-state index in [1.807, 2.05) is 19.2 Å². The lowest BCUT2D eigenvalue weighted by Crippen LogP contribution is -2.29. The van der Waals surface area contributed by atoms with E-state index in [1.54, 1.807) is 36.4 Å². The van der Waals surface area contributed by atoms with E-state index in [2.05, 4.69) is 27.8 Å². The zero-order valence-corrected chi connectivity index (χ0v) is 16.9. The number of aromatic nitrogens is 2. The SMILES string of the molecule is CN(Cc1cc2ccccc2n1C)C(=O)C=Cc1ccc(N2C(=O)CCC2=O)nc1. The molecule has 1 aromatic carbocycles. The van der Waals surface area contributed by atoms with Crippen molar-refractivity contribution in [2.24, 2.45) is 7.05 Å². The maximum Gasteiger partial charge on any atom is 0.246 e. The summed E-state index contributed by atoms with van der Waals surface area (Å²) in [6.45, 7) is 0.491. The first-order valence-electron chi connectivity index (χ1n) is 9.72. The largest absolute Gasteiger partial charge is 0.346 e. The summed E-state index contributed by atoms with van der Waals surface area (Å²) in [7, 11) is 3.76. The number of imide groups is 1. The Balaban J connectivity index is 1.42. The Hall–Kier alpha value is -3.74. The second kappa shape index (κ2) is 7.94. The molecule has 1 saturated heterocycles. The van der Waals surface area contributed by atoms with E-state index in [0.717, 1.165) is 21.5 Å². The van der Waals surface area contributed by atoms with Crippen LogP contribution in [0.25, 0.3) is 17.0 Å². The summed E-state index contributed by atoms with van der Waals surface area (Å²) in [5.41, 5.74) is 2.89. The van der Waals surface area contributed by atoms with Gasteiger partial charge in [-0.15, -0.1) is 0 Å². The molecule has 7 heteroatoms. The van der Waals surface area contributed by atoms with Crippen LogP contribution in [0.1, 0.15) is 24.1 Å². The van der Waals surface area contributed by atoms with Crippen LogP contribution in [0.3, 0.4) is 0 Å². The van der Waals surface area contributed by atoms with Gasteiger partial charge in [0, 0.05) is 50.4 Å². The van der Waals surface area contributed by atoms with Crippen molar-refractivity contribution in [2.75, 3.05) is 11.9 Å². The van der Waals surface area contributed by atoms with Crippen LogP contribution in [0.2, 0.25) is 0 Å². The van der Waals surface area contributed by atoms with Crippen molar-refractivity contribution in [3.05, 3.63) is 66.0 Å². The van der Waals surface area contributed by atoms with E-state index >= 15 is 0 Å². The van der Waals surface area contributed by atoms with Crippen molar-refractivity contribution in [2.45, 2.75) is 19.4 Å². The smallest absolute Gasteiger partial charge is 0.246 e. The molecule has 0 saturated carbocycles. The number of likely N-dealkylation sites (N-methyl/N-ethyl adjacent to an activating group) is 1. The first-order chi connectivity index (χ1) is 14.4. The predicted molar refractivity (Wildman–Crippen MR) is 114 cm³/mol. The zero-order valence-electron chi connectivity index (χ0n) is 16.9. The third-order valence-corrected chi connectivity index (χ3v) is 5.30. The van der Waals surface area contributed by atoms with Gasteiger partial charge in [-0.25, -0.2) is 9.88 Å². The normalized spacial score (nSPS) is 14.3. The van der Waals surface area contributed by atoms with Crippen molar-refractivity contribution in [3.8, 4) is 0 Å². The lowest BCUT2D eigenvalue weighted by Gasteiger charge is -2.16. The highest BCUT2D eigenvalue weighted by molar-refractivity contribution is 6.19. The number of hydrogen-bond donors (Lipinski definition) is 0. The molecule has 3 aromatic rings. The molecule has 0 N–H and O–H groups in total. The lowest BCUT2D eigenvalue weighted by molar-refractivity contribution is -0.125. The molecular formula is C23H22N4O3. The Morgan fingerprint density at radius 2 is 1.87 bits per heavy atom. The first kappa shape index (κ1) is 19.6. The number of carbonyl (C=O) groups is 3. The molecule has 3 heterocycles. The number of benzene rings is 1. The molecule has 0 aliphatic carbocycles. The molecule has 2 aromatic heterocycles. The van der Waals surface area contributed by atoms with Gasteiger partial charge >= 0.3 is 0 Å². The highest BCUT2D eigenvalue weighted by Gasteiger charge is 2.30. The summed E-state index contributed by atoms with van der Waals surface area (Å²) >= 11 is 0. The molecule has 7 nitrogen and oxygen atoms in total. The van der Waals surface area contributed by atoms with E-state index < -0.39 is 0 Å². The fraction of sp³-hybridized carbons (Fsp3) is 0.217. The molecule has 0 atom stereocenters. The van der Waals surface area contributed by atoms with E-state index in [1.165, 1.54) is 6.08 Å². The maximum absolute atomic E-state index is 12.5. The quantitative estimate of drug-likeness (QED) is 0.486. The van der Waals surface area contributed by atoms with E-state index in [9.17, 15) is 14.4 Å². The molecule has 1 fully saturated rings. The number of carbonyl (C=O) groups excluding carboxylic acids is 3. The molecule has 3 amide bonds. The Morgan fingerprint density at radius 1 is 1.13 bits per heavy atom. The highest BCUT2D eigenvalue weighted by Crippen LogP contribution is 2.21. The molecular weight excluding hydrogens is 380 g/mol. The summed E-state index contributed by atoms with van der Waals surface area (Å²) in [5.74, 6) is -0.282. The molecule has 0 radical (unpaired) electrons. The van der Waals surface area contributed by atoms with Gasteiger partial charge in [-0.2, -0.15) is 0 Å². The van der Waals surface area contributed by atoms with Crippen LogP contribution >= 0.6 is 0 Å². The summed E-state index contributed by atoms with van der Waals surface area (Å²) in [6, 6.07) is 13.5. The minimum Gasteiger partial charge on any atom is -0.346 e. The second-order valence-corrected chi connectivity index (χ2v) is 7.35. The van der Waals surface area contributed by atoms with Crippen LogP contribution in [0.5, 0.6) is 0 Å². The molecule has 0 spiro atoms. The molecule has 4 rings (SSSR count). The Labute approximate surface area is 174 Å². The van der Waals surface area contributed by atoms with Crippen LogP contribution < -0.4 is 4.90 Å². The number of anilines is 1. The molecule has 1 aliphatic heterocycles. The maximum atomic E-state index is 12.5. The number of pyridine rings is 1. The van der Waals surface area contributed by atoms with Gasteiger partial charge in [-0.1, -0.05) is 18.2 Å². The van der Waals surface area contributed by atoms with Gasteiger partial charge in [0.05, 0.1) is 6.54 Å². The van der Waals surface area contributed by atoms with E-state index in [0.29, 0.717) is 17.9 Å². The fourth-order valence-electron chi connectivity index (χ4n) is 3.57. The summed E-state index contributed by atoms with van der Waals surface area (Å²) in [5, 5.41) is 1.15. The number of rotatable bonds is 5. The van der Waals surface area contributed by atoms with E-state index in [4.69, 9.17) is 0 Å². The van der Waals surface area contributed by atoms with Crippen molar-refractivity contribution in [3.63, 3.8) is 0 Å². The molecule has 152 valence electrons. The number of fused-ring (bicyclic) bond motifs is 1. The van der Waals surface area contributed by atoms with Gasteiger partial charge in [0.25, 0.3) is 0 Å². The Bertz CT molecular complexity index is 1140. The molecule has 30 heavy (non-hydrogen) atoms. The first-order valence-corrected chi connectivity index (χ1v) is 9.72. The lowest BCUT2D eigenvalue weighted by atomic mass is 10.2. The fourth-order valence-corrected chi connectivity index (χ4v) is 3.57. The van der Waals surface area contributed by atoms with Gasteiger partial charge in [0.1, 0.15) is 5.82 Å². The van der Waals surface area contributed by atoms with Crippen molar-refractivity contribution < 1.29 is 14.4 Å². The number of aryl methyl sites for hydroxylation is 1. The Kier molecular flexibility index (Phi) is 5.18. The minimum atomic E-state index is -0.235. The minimum absolute atomic E-state index is 0.130. The second-order valence-electron chi connectivity index (χ2n) is 7.35. The van der Waals surface area contributed by atoms with Gasteiger partial charge in [0.2, 0.25) is 17.7 Å². The van der Waals surface area contributed by atoms with Crippen LogP contribution in [0, 0.1) is 0 Å². The third-order valence-electron chi connectivity index (χ3n) is 5.30. The number of amides is 3. The highest BCUT2D eigenvalue weighted by atomic mass is 16.2. The zero-order chi connectivity index (χ0) is 21.3. The van der Waals surface area contributed by atoms with Gasteiger partial charge < -0.3 is 9.47 Å². The van der Waals surface area contributed by atoms with Crippen molar-refractivity contribution >= 4 is 40.5 Å². The topological polar surface area (TPSA) is 75.5 Å². The van der Waals surface area contributed by atoms with Crippen molar-refractivity contribution in [1.29, 1.82) is 0 Å². The summed E-state index contributed by atoms with van der Waals surface area (Å²) in [4.78, 5) is 43.0. The average Bonchev–Trinajstić information content (AvgIpc) is 3.25. The average molecular weight is 402 g/mol. The van der Waals surface area contributed by atoms with Crippen molar-refractivity contribution in [1.82, 2.24) is 14.5 Å². The molecule has 1 aliphatic rings. The predicted octanol–water partition coefficient (Wildman–Crippen LogP) is 2.90. The number of hydrogen-bond acceptors (Lipinski definition) is 4. The van der Waals surface area contributed by atoms with Crippen LogP contribution in [-0.4, -0.2) is 39.2 Å². The standard InChI is InChI=1S/C23H22N4O3/c1-25(15-18-13-17-5-3-4-6-19(17)26(18)2)21(28)10-8-16-7-9-20(24-14-16)27-22(29)11-12-23(27)30/h3-10,13-14H,11-12,15H2,1-2H3. The third kappa shape index (κ3) is 3.74. The molecule has 0 bridgehead atoms. The number of para-hydroxylation sites is 1. The monoisotopic (exact) mass is 402 g/mol. The number of nitrogens with zero attached hydrogens (tertiary/aromatic N) is 4. The van der Waals surface area contributed by atoms with Crippen LogP contribution in [0.15, 0.2) is 54.7 Å².